The third kappa shape index (κ3) is 4.75. The van der Waals surface area contributed by atoms with E-state index in [0.717, 1.165) is 88.4 Å². The third-order valence-corrected chi connectivity index (χ3v) is 10.6. The highest BCUT2D eigenvalue weighted by Gasteiger charge is 2.23. The summed E-state index contributed by atoms with van der Waals surface area (Å²) in [4.78, 5) is 2.41. The number of furan rings is 2. The summed E-state index contributed by atoms with van der Waals surface area (Å²) in [7, 11) is 0. The lowest BCUT2D eigenvalue weighted by Gasteiger charge is -2.29. The van der Waals surface area contributed by atoms with E-state index in [1.165, 1.54) is 16.3 Å². The molecule has 11 rings (SSSR count). The van der Waals surface area contributed by atoms with E-state index in [0.29, 0.717) is 0 Å². The van der Waals surface area contributed by atoms with E-state index in [1.54, 1.807) is 0 Å². The molecule has 0 radical (unpaired) electrons. The fourth-order valence-corrected chi connectivity index (χ4v) is 8.13. The van der Waals surface area contributed by atoms with E-state index in [-0.39, 0.29) is 0 Å². The molecule has 9 aromatic carbocycles. The van der Waals surface area contributed by atoms with Crippen LogP contribution in [-0.2, 0) is 0 Å². The van der Waals surface area contributed by atoms with Crippen molar-refractivity contribution in [3.05, 3.63) is 188 Å². The fraction of sp³-hybridized carbons (Fsp3) is 0. The summed E-state index contributed by atoms with van der Waals surface area (Å²) in [6.07, 6.45) is 0. The largest absolute Gasteiger partial charge is 0.456 e. The second-order valence-electron chi connectivity index (χ2n) is 13.7. The van der Waals surface area contributed by atoms with Crippen molar-refractivity contribution >= 4 is 82.5 Å². The SMILES string of the molecule is c1cc(-c2ccc3ccccc3c2)cc(N(c2ccccc2-c2ccc3oc4ccccc4c3c2)c2cccc3oc4c5ccccc5ccc4c23)c1. The number of rotatable bonds is 5. The highest BCUT2D eigenvalue weighted by atomic mass is 16.3. The molecule has 0 atom stereocenters. The summed E-state index contributed by atoms with van der Waals surface area (Å²) in [6, 6.07) is 66.9. The molecule has 0 aliphatic heterocycles. The topological polar surface area (TPSA) is 29.5 Å². The molecule has 53 heavy (non-hydrogen) atoms. The van der Waals surface area contributed by atoms with Gasteiger partial charge in [0.15, 0.2) is 0 Å². The smallest absolute Gasteiger partial charge is 0.143 e. The third-order valence-electron chi connectivity index (χ3n) is 10.6. The molecule has 0 N–H and O–H groups in total. The number of hydrogen-bond donors (Lipinski definition) is 0. The summed E-state index contributed by atoms with van der Waals surface area (Å²) in [5.41, 5.74) is 11.3. The molecule has 3 nitrogen and oxygen atoms in total. The zero-order valence-electron chi connectivity index (χ0n) is 28.7. The van der Waals surface area contributed by atoms with Gasteiger partial charge in [-0.3, -0.25) is 0 Å². The van der Waals surface area contributed by atoms with Gasteiger partial charge in [-0.1, -0.05) is 127 Å². The predicted octanol–water partition coefficient (Wildman–Crippen LogP) is 14.6. The van der Waals surface area contributed by atoms with Gasteiger partial charge in [0.25, 0.3) is 0 Å². The molecule has 0 saturated heterocycles. The Morgan fingerprint density at radius 2 is 1.02 bits per heavy atom. The lowest BCUT2D eigenvalue weighted by Crippen LogP contribution is -2.11. The molecular formula is C50H31NO2. The van der Waals surface area contributed by atoms with Crippen molar-refractivity contribution < 1.29 is 8.83 Å². The molecule has 248 valence electrons. The Labute approximate surface area is 305 Å². The Kier molecular flexibility index (Phi) is 6.55. The minimum Gasteiger partial charge on any atom is -0.456 e. The molecule has 3 heteroatoms. The molecule has 0 spiro atoms. The quantitative estimate of drug-likeness (QED) is 0.182. The average Bonchev–Trinajstić information content (AvgIpc) is 3.80. The van der Waals surface area contributed by atoms with Gasteiger partial charge >= 0.3 is 0 Å². The second kappa shape index (κ2) is 11.7. The maximum absolute atomic E-state index is 6.72. The highest BCUT2D eigenvalue weighted by Crippen LogP contribution is 2.47. The Morgan fingerprint density at radius 3 is 1.96 bits per heavy atom. The van der Waals surface area contributed by atoms with Crippen molar-refractivity contribution in [3.8, 4) is 22.3 Å². The number of para-hydroxylation sites is 2. The Morgan fingerprint density at radius 1 is 0.340 bits per heavy atom. The average molecular weight is 678 g/mol. The van der Waals surface area contributed by atoms with Crippen molar-refractivity contribution in [1.82, 2.24) is 0 Å². The molecule has 11 aromatic rings. The van der Waals surface area contributed by atoms with Crippen LogP contribution in [0.2, 0.25) is 0 Å². The van der Waals surface area contributed by atoms with Crippen LogP contribution in [0.4, 0.5) is 17.1 Å². The summed E-state index contributed by atoms with van der Waals surface area (Å²) >= 11 is 0. The molecule has 0 fully saturated rings. The Bertz CT molecular complexity index is 3200. The van der Waals surface area contributed by atoms with Crippen LogP contribution in [0.5, 0.6) is 0 Å². The van der Waals surface area contributed by atoms with E-state index in [2.05, 4.69) is 181 Å². The van der Waals surface area contributed by atoms with E-state index in [1.807, 2.05) is 12.1 Å². The van der Waals surface area contributed by atoms with Gasteiger partial charge in [-0.15, -0.1) is 0 Å². The predicted molar refractivity (Wildman–Crippen MR) is 222 cm³/mol. The normalized spacial score (nSPS) is 11.8. The van der Waals surface area contributed by atoms with E-state index in [9.17, 15) is 0 Å². The van der Waals surface area contributed by atoms with E-state index in [4.69, 9.17) is 8.83 Å². The summed E-state index contributed by atoms with van der Waals surface area (Å²) in [5.74, 6) is 0. The molecule has 0 amide bonds. The Hall–Kier alpha value is -7.10. The van der Waals surface area contributed by atoms with Crippen LogP contribution < -0.4 is 4.90 Å². The first kappa shape index (κ1) is 29.6. The summed E-state index contributed by atoms with van der Waals surface area (Å²) < 4.78 is 13.0. The first-order valence-electron chi connectivity index (χ1n) is 18.0. The molecule has 0 saturated carbocycles. The van der Waals surface area contributed by atoms with Gasteiger partial charge < -0.3 is 13.7 Å². The fourth-order valence-electron chi connectivity index (χ4n) is 8.13. The van der Waals surface area contributed by atoms with Crippen LogP contribution in [0.25, 0.3) is 87.7 Å². The Balaban J connectivity index is 1.17. The van der Waals surface area contributed by atoms with Crippen molar-refractivity contribution in [2.24, 2.45) is 0 Å². The minimum atomic E-state index is 0.855. The monoisotopic (exact) mass is 677 g/mol. The first-order chi connectivity index (χ1) is 26.3. The number of anilines is 3. The molecule has 0 bridgehead atoms. The van der Waals surface area contributed by atoms with Gasteiger partial charge in [0.05, 0.1) is 16.8 Å². The van der Waals surface area contributed by atoms with Gasteiger partial charge in [0.2, 0.25) is 0 Å². The minimum absolute atomic E-state index is 0.855. The number of hydrogen-bond acceptors (Lipinski definition) is 3. The maximum Gasteiger partial charge on any atom is 0.143 e. The molecule has 0 aliphatic carbocycles. The summed E-state index contributed by atoms with van der Waals surface area (Å²) in [5, 5.41) is 9.12. The number of nitrogens with zero attached hydrogens (tertiary/aromatic N) is 1. The van der Waals surface area contributed by atoms with Gasteiger partial charge in [0, 0.05) is 32.8 Å². The summed E-state index contributed by atoms with van der Waals surface area (Å²) in [6.45, 7) is 0. The van der Waals surface area contributed by atoms with Crippen LogP contribution >= 0.6 is 0 Å². The molecule has 2 heterocycles. The van der Waals surface area contributed by atoms with Crippen LogP contribution in [-0.4, -0.2) is 0 Å². The molecule has 0 unspecified atom stereocenters. The first-order valence-corrected chi connectivity index (χ1v) is 18.0. The standard InChI is InChI=1S/C50H31NO2/c1-2-13-34-29-36(24-23-32(34)11-1)35-14-9-15-38(30-35)51(45-20-10-22-48-49(45)42-27-25-33-12-3-4-17-40(33)50(42)53-48)44-19-7-5-16-39(44)37-26-28-47-43(31-37)41-18-6-8-21-46(41)52-47/h1-31H. The number of fused-ring (bicyclic) bond motifs is 9. The van der Waals surface area contributed by atoms with Crippen LogP contribution in [0.3, 0.4) is 0 Å². The van der Waals surface area contributed by atoms with E-state index >= 15 is 0 Å². The second-order valence-corrected chi connectivity index (χ2v) is 13.7. The van der Waals surface area contributed by atoms with Gasteiger partial charge in [-0.05, 0) is 93.5 Å². The maximum atomic E-state index is 6.72. The lowest BCUT2D eigenvalue weighted by atomic mass is 9.97. The number of benzene rings is 9. The molecule has 2 aromatic heterocycles. The van der Waals surface area contributed by atoms with Crippen molar-refractivity contribution in [2.45, 2.75) is 0 Å². The zero-order chi connectivity index (χ0) is 34.9. The van der Waals surface area contributed by atoms with Gasteiger partial charge in [-0.2, -0.15) is 0 Å². The van der Waals surface area contributed by atoms with Crippen molar-refractivity contribution in [3.63, 3.8) is 0 Å². The van der Waals surface area contributed by atoms with Gasteiger partial charge in [0.1, 0.15) is 22.3 Å². The highest BCUT2D eigenvalue weighted by molar-refractivity contribution is 6.20. The zero-order valence-corrected chi connectivity index (χ0v) is 28.7. The van der Waals surface area contributed by atoms with Crippen LogP contribution in [0.1, 0.15) is 0 Å². The van der Waals surface area contributed by atoms with Crippen LogP contribution in [0.15, 0.2) is 197 Å². The molecule has 0 aliphatic rings. The van der Waals surface area contributed by atoms with Gasteiger partial charge in [-0.25, -0.2) is 0 Å². The van der Waals surface area contributed by atoms with Crippen molar-refractivity contribution in [2.75, 3.05) is 4.90 Å². The van der Waals surface area contributed by atoms with Crippen molar-refractivity contribution in [1.29, 1.82) is 0 Å². The van der Waals surface area contributed by atoms with E-state index < -0.39 is 0 Å². The lowest BCUT2D eigenvalue weighted by molar-refractivity contribution is 0.669. The van der Waals surface area contributed by atoms with Crippen LogP contribution in [0, 0.1) is 0 Å². The molecular weight excluding hydrogens is 647 g/mol.